The smallest absolute Gasteiger partial charge is 0.323 e. The predicted octanol–water partition coefficient (Wildman–Crippen LogP) is 3.23. The van der Waals surface area contributed by atoms with Crippen molar-refractivity contribution in [1.29, 1.82) is 0 Å². The molecule has 0 aliphatic carbocycles. The molecule has 4 heteroatoms. The number of rotatable bonds is 5. The summed E-state index contributed by atoms with van der Waals surface area (Å²) in [6, 6.07) is 13.8. The third-order valence-corrected chi connectivity index (χ3v) is 2.98. The molecule has 20 heavy (non-hydrogen) atoms. The van der Waals surface area contributed by atoms with Gasteiger partial charge in [0.25, 0.3) is 0 Å². The highest BCUT2D eigenvalue weighted by atomic mass is 19.1. The number of carboxylic acid groups (broad SMARTS) is 1. The van der Waals surface area contributed by atoms with Crippen molar-refractivity contribution >= 4 is 11.7 Å². The zero-order valence-electron chi connectivity index (χ0n) is 11.2. The van der Waals surface area contributed by atoms with Crippen LogP contribution in [0.3, 0.4) is 0 Å². The van der Waals surface area contributed by atoms with Crippen molar-refractivity contribution < 1.29 is 14.3 Å². The molecular weight excluding hydrogens is 257 g/mol. The lowest BCUT2D eigenvalue weighted by Gasteiger charge is -2.23. The van der Waals surface area contributed by atoms with E-state index in [0.717, 1.165) is 16.8 Å². The fourth-order valence-corrected chi connectivity index (χ4v) is 2.04. The van der Waals surface area contributed by atoms with Crippen LogP contribution < -0.4 is 4.90 Å². The van der Waals surface area contributed by atoms with Gasteiger partial charge in [-0.2, -0.15) is 0 Å². The Morgan fingerprint density at radius 2 is 1.90 bits per heavy atom. The zero-order valence-corrected chi connectivity index (χ0v) is 11.2. The van der Waals surface area contributed by atoms with Crippen LogP contribution in [0.4, 0.5) is 10.1 Å². The molecule has 0 aliphatic rings. The second-order valence-electron chi connectivity index (χ2n) is 4.72. The Morgan fingerprint density at radius 3 is 2.50 bits per heavy atom. The predicted molar refractivity (Wildman–Crippen MR) is 76.3 cm³/mol. The Morgan fingerprint density at radius 1 is 1.20 bits per heavy atom. The average Bonchev–Trinajstić information content (AvgIpc) is 2.40. The number of aryl methyl sites for hydroxylation is 1. The lowest BCUT2D eigenvalue weighted by Crippen LogP contribution is -2.29. The molecule has 1 N–H and O–H groups in total. The third-order valence-electron chi connectivity index (χ3n) is 2.98. The van der Waals surface area contributed by atoms with Gasteiger partial charge in [-0.05, 0) is 42.3 Å². The molecule has 0 fully saturated rings. The van der Waals surface area contributed by atoms with Crippen LogP contribution in [-0.2, 0) is 11.3 Å². The first-order valence-electron chi connectivity index (χ1n) is 6.32. The van der Waals surface area contributed by atoms with Crippen LogP contribution in [0.1, 0.15) is 11.1 Å². The lowest BCUT2D eigenvalue weighted by molar-refractivity contribution is -0.135. The Kier molecular flexibility index (Phi) is 4.35. The molecule has 0 saturated heterocycles. The minimum absolute atomic E-state index is 0.0964. The monoisotopic (exact) mass is 273 g/mol. The van der Waals surface area contributed by atoms with Crippen LogP contribution in [-0.4, -0.2) is 17.6 Å². The minimum Gasteiger partial charge on any atom is -0.480 e. The van der Waals surface area contributed by atoms with Gasteiger partial charge in [-0.15, -0.1) is 0 Å². The van der Waals surface area contributed by atoms with Gasteiger partial charge >= 0.3 is 5.97 Å². The first-order chi connectivity index (χ1) is 9.54. The summed E-state index contributed by atoms with van der Waals surface area (Å²) in [7, 11) is 0. The molecule has 0 saturated carbocycles. The maximum atomic E-state index is 12.9. The van der Waals surface area contributed by atoms with Crippen molar-refractivity contribution in [1.82, 2.24) is 0 Å². The summed E-state index contributed by atoms with van der Waals surface area (Å²) < 4.78 is 12.9. The number of hydrogen-bond donors (Lipinski definition) is 1. The number of hydrogen-bond acceptors (Lipinski definition) is 2. The molecule has 104 valence electrons. The topological polar surface area (TPSA) is 40.5 Å². The Hall–Kier alpha value is -2.36. The molecule has 2 aromatic rings. The minimum atomic E-state index is -0.895. The van der Waals surface area contributed by atoms with Gasteiger partial charge in [-0.1, -0.05) is 24.3 Å². The van der Waals surface area contributed by atoms with E-state index >= 15 is 0 Å². The van der Waals surface area contributed by atoms with E-state index in [4.69, 9.17) is 5.11 Å². The Bertz CT molecular complexity index is 596. The van der Waals surface area contributed by atoms with Gasteiger partial charge < -0.3 is 10.0 Å². The van der Waals surface area contributed by atoms with Crippen molar-refractivity contribution in [2.45, 2.75) is 13.5 Å². The fraction of sp³-hybridized carbons (Fsp3) is 0.188. The fourth-order valence-electron chi connectivity index (χ4n) is 2.04. The van der Waals surface area contributed by atoms with Crippen molar-refractivity contribution in [3.8, 4) is 0 Å². The first-order valence-corrected chi connectivity index (χ1v) is 6.32. The molecule has 0 bridgehead atoms. The SMILES string of the molecule is Cc1cccc(N(CC(=O)O)Cc2ccc(F)cc2)c1. The summed E-state index contributed by atoms with van der Waals surface area (Å²) in [5.41, 5.74) is 2.78. The van der Waals surface area contributed by atoms with Crippen molar-refractivity contribution in [3.05, 3.63) is 65.5 Å². The van der Waals surface area contributed by atoms with E-state index < -0.39 is 5.97 Å². The normalized spacial score (nSPS) is 10.3. The highest BCUT2D eigenvalue weighted by molar-refractivity contribution is 5.73. The second-order valence-corrected chi connectivity index (χ2v) is 4.72. The summed E-state index contributed by atoms with van der Waals surface area (Å²) in [6.07, 6.45) is 0. The average molecular weight is 273 g/mol. The molecule has 0 radical (unpaired) electrons. The quantitative estimate of drug-likeness (QED) is 0.909. The molecule has 0 atom stereocenters. The van der Waals surface area contributed by atoms with E-state index in [0.29, 0.717) is 6.54 Å². The highest BCUT2D eigenvalue weighted by Crippen LogP contribution is 2.18. The summed E-state index contributed by atoms with van der Waals surface area (Å²) in [4.78, 5) is 12.8. The van der Waals surface area contributed by atoms with E-state index in [1.54, 1.807) is 17.0 Å². The molecule has 3 nitrogen and oxygen atoms in total. The van der Waals surface area contributed by atoms with Gasteiger partial charge in [0.05, 0.1) is 0 Å². The van der Waals surface area contributed by atoms with Crippen molar-refractivity contribution in [2.24, 2.45) is 0 Å². The van der Waals surface area contributed by atoms with E-state index in [1.807, 2.05) is 31.2 Å². The van der Waals surface area contributed by atoms with Crippen molar-refractivity contribution in [2.75, 3.05) is 11.4 Å². The molecule has 0 aliphatic heterocycles. The number of benzene rings is 2. The second kappa shape index (κ2) is 6.19. The van der Waals surface area contributed by atoms with Crippen LogP contribution in [0.2, 0.25) is 0 Å². The largest absolute Gasteiger partial charge is 0.480 e. The van der Waals surface area contributed by atoms with E-state index in [-0.39, 0.29) is 12.4 Å². The number of nitrogens with zero attached hydrogens (tertiary/aromatic N) is 1. The summed E-state index contributed by atoms with van der Waals surface area (Å²) in [5.74, 6) is -1.19. The molecule has 0 amide bonds. The number of aliphatic carboxylic acids is 1. The molecule has 0 unspecified atom stereocenters. The van der Waals surface area contributed by atoms with Crippen LogP contribution >= 0.6 is 0 Å². The third kappa shape index (κ3) is 3.82. The van der Waals surface area contributed by atoms with Crippen LogP contribution in [0.25, 0.3) is 0 Å². The van der Waals surface area contributed by atoms with E-state index in [9.17, 15) is 9.18 Å². The summed E-state index contributed by atoms with van der Waals surface area (Å²) in [6.45, 7) is 2.29. The van der Waals surface area contributed by atoms with Gasteiger partial charge in [0, 0.05) is 12.2 Å². The molecule has 2 rings (SSSR count). The van der Waals surface area contributed by atoms with Crippen molar-refractivity contribution in [3.63, 3.8) is 0 Å². The van der Waals surface area contributed by atoms with Crippen LogP contribution in [0, 0.1) is 12.7 Å². The molecule has 0 spiro atoms. The van der Waals surface area contributed by atoms with Crippen LogP contribution in [0.5, 0.6) is 0 Å². The van der Waals surface area contributed by atoms with Gasteiger partial charge in [-0.25, -0.2) is 4.39 Å². The van der Waals surface area contributed by atoms with Gasteiger partial charge in [0.15, 0.2) is 0 Å². The van der Waals surface area contributed by atoms with Gasteiger partial charge in [-0.3, -0.25) is 4.79 Å². The van der Waals surface area contributed by atoms with Gasteiger partial charge in [0.2, 0.25) is 0 Å². The lowest BCUT2D eigenvalue weighted by atomic mass is 10.1. The number of halogens is 1. The zero-order chi connectivity index (χ0) is 14.5. The number of anilines is 1. The number of carboxylic acids is 1. The van der Waals surface area contributed by atoms with E-state index in [2.05, 4.69) is 0 Å². The first kappa shape index (κ1) is 14.1. The molecule has 0 heterocycles. The summed E-state index contributed by atoms with van der Waals surface area (Å²) >= 11 is 0. The maximum Gasteiger partial charge on any atom is 0.323 e. The Balaban J connectivity index is 2.23. The highest BCUT2D eigenvalue weighted by Gasteiger charge is 2.11. The molecule has 0 aromatic heterocycles. The Labute approximate surface area is 117 Å². The van der Waals surface area contributed by atoms with Gasteiger partial charge in [0.1, 0.15) is 12.4 Å². The molecule has 2 aromatic carbocycles. The summed E-state index contributed by atoms with van der Waals surface area (Å²) in [5, 5.41) is 9.03. The van der Waals surface area contributed by atoms with Crippen LogP contribution in [0.15, 0.2) is 48.5 Å². The molecular formula is C16H16FNO2. The number of carbonyl (C=O) groups is 1. The maximum absolute atomic E-state index is 12.9. The standard InChI is InChI=1S/C16H16FNO2/c1-12-3-2-4-15(9-12)18(11-16(19)20)10-13-5-7-14(17)8-6-13/h2-9H,10-11H2,1H3,(H,19,20). The van der Waals surface area contributed by atoms with E-state index in [1.165, 1.54) is 12.1 Å².